The highest BCUT2D eigenvalue weighted by atomic mass is 32.1. The Morgan fingerprint density at radius 3 is 2.84 bits per heavy atom. The van der Waals surface area contributed by atoms with Crippen molar-refractivity contribution in [2.45, 2.75) is 33.9 Å². The SMILES string of the molecule is CCn1nc(C)c2[nH]c(=S)n(Cc3cc(C)on3)c21. The number of nitrogens with zero attached hydrogens (tertiary/aromatic N) is 4. The fourth-order valence-electron chi connectivity index (χ4n) is 2.28. The van der Waals surface area contributed by atoms with Crippen LogP contribution in [0.15, 0.2) is 10.6 Å². The lowest BCUT2D eigenvalue weighted by atomic mass is 10.3. The number of H-pyrrole nitrogens is 1. The molecule has 0 aliphatic carbocycles. The summed E-state index contributed by atoms with van der Waals surface area (Å²) in [4.78, 5) is 3.21. The first kappa shape index (κ1) is 12.2. The first-order valence-corrected chi connectivity index (χ1v) is 6.59. The second kappa shape index (κ2) is 4.34. The Labute approximate surface area is 115 Å². The maximum Gasteiger partial charge on any atom is 0.179 e. The summed E-state index contributed by atoms with van der Waals surface area (Å²) in [6.07, 6.45) is 0. The van der Waals surface area contributed by atoms with Gasteiger partial charge in [0.05, 0.1) is 12.2 Å². The highest BCUT2D eigenvalue weighted by Crippen LogP contribution is 2.19. The monoisotopic (exact) mass is 277 g/mol. The van der Waals surface area contributed by atoms with Gasteiger partial charge in [-0.1, -0.05) is 5.16 Å². The highest BCUT2D eigenvalue weighted by Gasteiger charge is 2.15. The molecule has 3 aromatic heterocycles. The van der Waals surface area contributed by atoms with Gasteiger partial charge in [0.2, 0.25) is 0 Å². The molecule has 0 bridgehead atoms. The Morgan fingerprint density at radius 2 is 2.21 bits per heavy atom. The lowest BCUT2D eigenvalue weighted by Gasteiger charge is -2.03. The molecule has 1 N–H and O–H groups in total. The Kier molecular flexibility index (Phi) is 2.78. The van der Waals surface area contributed by atoms with Crippen molar-refractivity contribution in [2.75, 3.05) is 0 Å². The highest BCUT2D eigenvalue weighted by molar-refractivity contribution is 7.71. The summed E-state index contributed by atoms with van der Waals surface area (Å²) in [5.74, 6) is 0.800. The van der Waals surface area contributed by atoms with Gasteiger partial charge in [-0.25, -0.2) is 4.68 Å². The third kappa shape index (κ3) is 1.90. The zero-order chi connectivity index (χ0) is 13.6. The van der Waals surface area contributed by atoms with Gasteiger partial charge in [-0.3, -0.25) is 4.57 Å². The van der Waals surface area contributed by atoms with Crippen molar-refractivity contribution in [3.05, 3.63) is 28.0 Å². The summed E-state index contributed by atoms with van der Waals surface area (Å²) in [6, 6.07) is 1.92. The maximum atomic E-state index is 5.39. The van der Waals surface area contributed by atoms with Crippen LogP contribution in [-0.4, -0.2) is 24.5 Å². The molecule has 19 heavy (non-hydrogen) atoms. The van der Waals surface area contributed by atoms with Crippen LogP contribution in [0.25, 0.3) is 11.2 Å². The van der Waals surface area contributed by atoms with Gasteiger partial charge in [0, 0.05) is 12.6 Å². The summed E-state index contributed by atoms with van der Waals surface area (Å²) in [5, 5.41) is 8.51. The molecule has 0 amide bonds. The summed E-state index contributed by atoms with van der Waals surface area (Å²) in [5.41, 5.74) is 3.81. The normalized spacial score (nSPS) is 11.5. The average Bonchev–Trinajstić information content (AvgIpc) is 3.00. The van der Waals surface area contributed by atoms with Gasteiger partial charge >= 0.3 is 0 Å². The molecular formula is C12H15N5OS. The molecule has 0 aliphatic rings. The van der Waals surface area contributed by atoms with Gasteiger partial charge < -0.3 is 9.51 Å². The quantitative estimate of drug-likeness (QED) is 0.747. The van der Waals surface area contributed by atoms with Crippen LogP contribution in [0.4, 0.5) is 0 Å². The fraction of sp³-hybridized carbons (Fsp3) is 0.417. The molecule has 0 saturated heterocycles. The number of rotatable bonds is 3. The summed E-state index contributed by atoms with van der Waals surface area (Å²) >= 11 is 5.39. The zero-order valence-electron chi connectivity index (χ0n) is 11.1. The van der Waals surface area contributed by atoms with Crippen molar-refractivity contribution in [3.63, 3.8) is 0 Å². The molecular weight excluding hydrogens is 262 g/mol. The summed E-state index contributed by atoms with van der Waals surface area (Å²) in [7, 11) is 0. The molecule has 7 heteroatoms. The molecule has 0 radical (unpaired) electrons. The number of fused-ring (bicyclic) bond motifs is 1. The maximum absolute atomic E-state index is 5.39. The Balaban J connectivity index is 2.17. The lowest BCUT2D eigenvalue weighted by molar-refractivity contribution is 0.389. The van der Waals surface area contributed by atoms with E-state index >= 15 is 0 Å². The largest absolute Gasteiger partial charge is 0.361 e. The summed E-state index contributed by atoms with van der Waals surface area (Å²) < 4.78 is 9.73. The van der Waals surface area contributed by atoms with Crippen molar-refractivity contribution in [1.29, 1.82) is 0 Å². The molecule has 3 rings (SSSR count). The van der Waals surface area contributed by atoms with Gasteiger partial charge in [-0.2, -0.15) is 5.10 Å². The third-order valence-electron chi connectivity index (χ3n) is 3.13. The van der Waals surface area contributed by atoms with Crippen molar-refractivity contribution in [3.8, 4) is 0 Å². The molecule has 0 spiro atoms. The van der Waals surface area contributed by atoms with E-state index in [4.69, 9.17) is 16.7 Å². The van der Waals surface area contributed by atoms with Crippen molar-refractivity contribution in [1.82, 2.24) is 24.5 Å². The number of hydrogen-bond donors (Lipinski definition) is 1. The number of imidazole rings is 1. The van der Waals surface area contributed by atoms with E-state index in [0.29, 0.717) is 11.3 Å². The standard InChI is InChI=1S/C12H15N5OS/c1-4-17-11-10(8(3)14-17)13-12(19)16(11)6-9-5-7(2)18-15-9/h5H,4,6H2,1-3H3,(H,13,19). The van der Waals surface area contributed by atoms with Crippen LogP contribution in [0.2, 0.25) is 0 Å². The van der Waals surface area contributed by atoms with Crippen molar-refractivity contribution in [2.24, 2.45) is 0 Å². The third-order valence-corrected chi connectivity index (χ3v) is 3.45. The van der Waals surface area contributed by atoms with Crippen LogP contribution < -0.4 is 0 Å². The van der Waals surface area contributed by atoms with Crippen LogP contribution in [0.3, 0.4) is 0 Å². The van der Waals surface area contributed by atoms with E-state index in [-0.39, 0.29) is 0 Å². The van der Waals surface area contributed by atoms with E-state index in [9.17, 15) is 0 Å². The van der Waals surface area contributed by atoms with E-state index in [2.05, 4.69) is 22.2 Å². The number of aryl methyl sites for hydroxylation is 3. The molecule has 3 aromatic rings. The second-order valence-electron chi connectivity index (χ2n) is 4.54. The first-order valence-electron chi connectivity index (χ1n) is 6.18. The Hall–Kier alpha value is -1.89. The molecule has 6 nitrogen and oxygen atoms in total. The topological polar surface area (TPSA) is 64.6 Å². The molecule has 0 aromatic carbocycles. The molecule has 100 valence electrons. The predicted molar refractivity (Wildman–Crippen MR) is 73.7 cm³/mol. The van der Waals surface area contributed by atoms with Crippen LogP contribution in [0, 0.1) is 18.6 Å². The number of aromatic amines is 1. The predicted octanol–water partition coefficient (Wildman–Crippen LogP) is 2.57. The van der Waals surface area contributed by atoms with Gasteiger partial charge in [0.1, 0.15) is 17.0 Å². The number of aromatic nitrogens is 5. The molecule has 3 heterocycles. The van der Waals surface area contributed by atoms with Crippen LogP contribution >= 0.6 is 12.2 Å². The van der Waals surface area contributed by atoms with Gasteiger partial charge in [0.25, 0.3) is 0 Å². The van der Waals surface area contributed by atoms with E-state index < -0.39 is 0 Å². The second-order valence-corrected chi connectivity index (χ2v) is 4.93. The van der Waals surface area contributed by atoms with E-state index in [1.165, 1.54) is 0 Å². The van der Waals surface area contributed by atoms with Gasteiger partial charge in [0.15, 0.2) is 10.4 Å². The minimum atomic E-state index is 0.585. The van der Waals surface area contributed by atoms with E-state index in [0.717, 1.165) is 34.9 Å². The fourth-order valence-corrected chi connectivity index (χ4v) is 2.54. The Morgan fingerprint density at radius 1 is 1.42 bits per heavy atom. The molecule has 0 aliphatic heterocycles. The molecule has 0 atom stereocenters. The van der Waals surface area contributed by atoms with Crippen LogP contribution in [0.5, 0.6) is 0 Å². The number of nitrogens with one attached hydrogen (secondary N) is 1. The smallest absolute Gasteiger partial charge is 0.179 e. The first-order chi connectivity index (χ1) is 9.10. The molecule has 0 unspecified atom stereocenters. The number of hydrogen-bond acceptors (Lipinski definition) is 4. The summed E-state index contributed by atoms with van der Waals surface area (Å²) in [6.45, 7) is 7.30. The molecule has 0 saturated carbocycles. The minimum Gasteiger partial charge on any atom is -0.361 e. The van der Waals surface area contributed by atoms with Crippen LogP contribution in [-0.2, 0) is 13.1 Å². The van der Waals surface area contributed by atoms with Crippen molar-refractivity contribution < 1.29 is 4.52 Å². The van der Waals surface area contributed by atoms with Crippen molar-refractivity contribution >= 4 is 23.4 Å². The lowest BCUT2D eigenvalue weighted by Crippen LogP contribution is -2.06. The zero-order valence-corrected chi connectivity index (χ0v) is 11.9. The van der Waals surface area contributed by atoms with E-state index in [1.54, 1.807) is 0 Å². The van der Waals surface area contributed by atoms with Gasteiger partial charge in [-0.15, -0.1) is 0 Å². The minimum absolute atomic E-state index is 0.585. The Bertz CT molecular complexity index is 791. The molecule has 0 fully saturated rings. The average molecular weight is 277 g/mol. The van der Waals surface area contributed by atoms with E-state index in [1.807, 2.05) is 29.2 Å². The van der Waals surface area contributed by atoms with Crippen LogP contribution in [0.1, 0.15) is 24.1 Å². The van der Waals surface area contributed by atoms with Gasteiger partial charge in [-0.05, 0) is 33.0 Å².